The van der Waals surface area contributed by atoms with Gasteiger partial charge in [0.2, 0.25) is 5.91 Å². The van der Waals surface area contributed by atoms with Crippen LogP contribution in [0, 0.1) is 18.6 Å². The summed E-state index contributed by atoms with van der Waals surface area (Å²) in [5, 5.41) is 0.0272. The average molecular weight is 361 g/mol. The molecule has 0 heterocycles. The molecule has 1 amide bonds. The molecule has 2 rings (SSSR count). The third-order valence-electron chi connectivity index (χ3n) is 3.06. The minimum atomic E-state index is -4.34. The topological polar surface area (TPSA) is 89.3 Å². The maximum absolute atomic E-state index is 13.8. The number of hydrogen-bond acceptors (Lipinski definition) is 3. The SMILES string of the molecule is Cc1c(F)cc(C(N)=O)cc1NS(=O)(=O)c1ccc(Cl)cc1F. The molecule has 0 aliphatic heterocycles. The molecule has 0 atom stereocenters. The fourth-order valence-electron chi connectivity index (χ4n) is 1.82. The molecular weight excluding hydrogens is 350 g/mol. The summed E-state index contributed by atoms with van der Waals surface area (Å²) in [6, 6.07) is 4.98. The lowest BCUT2D eigenvalue weighted by atomic mass is 10.1. The van der Waals surface area contributed by atoms with E-state index in [2.05, 4.69) is 0 Å². The Morgan fingerprint density at radius 3 is 2.39 bits per heavy atom. The van der Waals surface area contributed by atoms with Crippen molar-refractivity contribution in [1.29, 1.82) is 0 Å². The molecule has 2 aromatic rings. The molecule has 2 aromatic carbocycles. The maximum atomic E-state index is 13.8. The van der Waals surface area contributed by atoms with Crippen molar-refractivity contribution in [2.45, 2.75) is 11.8 Å². The molecule has 0 bridgehead atoms. The summed E-state index contributed by atoms with van der Waals surface area (Å²) in [7, 11) is -4.34. The first-order valence-corrected chi connectivity index (χ1v) is 8.06. The van der Waals surface area contributed by atoms with Crippen LogP contribution in [0.25, 0.3) is 0 Å². The second kappa shape index (κ2) is 6.13. The first-order chi connectivity index (χ1) is 10.6. The lowest BCUT2D eigenvalue weighted by molar-refractivity contribution is 0.1000. The molecule has 0 saturated heterocycles. The highest BCUT2D eigenvalue weighted by molar-refractivity contribution is 7.92. The highest BCUT2D eigenvalue weighted by Crippen LogP contribution is 2.26. The Labute approximate surface area is 136 Å². The second-order valence-corrected chi connectivity index (χ2v) is 6.76. The Bertz CT molecular complexity index is 901. The zero-order valence-electron chi connectivity index (χ0n) is 11.7. The van der Waals surface area contributed by atoms with Gasteiger partial charge in [0.25, 0.3) is 10.0 Å². The summed E-state index contributed by atoms with van der Waals surface area (Å²) in [5.41, 5.74) is 4.56. The largest absolute Gasteiger partial charge is 0.366 e. The summed E-state index contributed by atoms with van der Waals surface area (Å²) < 4.78 is 54.1. The second-order valence-electron chi connectivity index (χ2n) is 4.68. The standard InChI is InChI=1S/C14H11ClF2N2O3S/c1-7-10(16)4-8(14(18)20)5-12(7)19-23(21,22)13-3-2-9(15)6-11(13)17/h2-6,19H,1H3,(H2,18,20). The molecule has 9 heteroatoms. The van der Waals surface area contributed by atoms with Crippen molar-refractivity contribution < 1.29 is 22.0 Å². The Kier molecular flexibility index (Phi) is 4.58. The van der Waals surface area contributed by atoms with Crippen molar-refractivity contribution in [2.75, 3.05) is 4.72 Å². The smallest absolute Gasteiger partial charge is 0.264 e. The van der Waals surface area contributed by atoms with Crippen LogP contribution in [0.1, 0.15) is 15.9 Å². The highest BCUT2D eigenvalue weighted by atomic mass is 35.5. The van der Waals surface area contributed by atoms with Gasteiger partial charge in [0.15, 0.2) is 0 Å². The molecule has 0 fully saturated rings. The lowest BCUT2D eigenvalue weighted by Gasteiger charge is -2.13. The molecular formula is C14H11ClF2N2O3S. The van der Waals surface area contributed by atoms with E-state index in [-0.39, 0.29) is 21.8 Å². The van der Waals surface area contributed by atoms with Crippen molar-refractivity contribution >= 4 is 33.2 Å². The minimum absolute atomic E-state index is 0.0272. The fourth-order valence-corrected chi connectivity index (χ4v) is 3.15. The Balaban J connectivity index is 2.51. The predicted molar refractivity (Wildman–Crippen MR) is 81.9 cm³/mol. The number of nitrogens with two attached hydrogens (primary N) is 1. The number of sulfonamides is 1. The summed E-state index contributed by atoms with van der Waals surface area (Å²) >= 11 is 5.57. The zero-order valence-corrected chi connectivity index (χ0v) is 13.3. The van der Waals surface area contributed by atoms with Gasteiger partial charge in [0, 0.05) is 16.1 Å². The first-order valence-electron chi connectivity index (χ1n) is 6.19. The van der Waals surface area contributed by atoms with Gasteiger partial charge in [-0.1, -0.05) is 11.6 Å². The lowest BCUT2D eigenvalue weighted by Crippen LogP contribution is -2.17. The van der Waals surface area contributed by atoms with Gasteiger partial charge in [-0.05, 0) is 37.3 Å². The molecule has 0 radical (unpaired) electrons. The summed E-state index contributed by atoms with van der Waals surface area (Å²) in [6.07, 6.45) is 0. The molecule has 0 aromatic heterocycles. The van der Waals surface area contributed by atoms with Crippen LogP contribution in [-0.4, -0.2) is 14.3 Å². The number of hydrogen-bond donors (Lipinski definition) is 2. The van der Waals surface area contributed by atoms with E-state index in [0.29, 0.717) is 0 Å². The number of amides is 1. The normalized spacial score (nSPS) is 11.3. The molecule has 0 aliphatic rings. The summed E-state index contributed by atoms with van der Waals surface area (Å²) in [5.74, 6) is -2.81. The number of halogens is 3. The van der Waals surface area contributed by atoms with Crippen molar-refractivity contribution in [2.24, 2.45) is 5.73 Å². The van der Waals surface area contributed by atoms with E-state index in [4.69, 9.17) is 17.3 Å². The van der Waals surface area contributed by atoms with Crippen LogP contribution in [0.2, 0.25) is 5.02 Å². The highest BCUT2D eigenvalue weighted by Gasteiger charge is 2.21. The Morgan fingerprint density at radius 1 is 1.17 bits per heavy atom. The molecule has 0 aliphatic carbocycles. The van der Waals surface area contributed by atoms with Crippen LogP contribution < -0.4 is 10.5 Å². The van der Waals surface area contributed by atoms with Crippen molar-refractivity contribution in [3.63, 3.8) is 0 Å². The molecule has 23 heavy (non-hydrogen) atoms. The minimum Gasteiger partial charge on any atom is -0.366 e. The molecule has 0 spiro atoms. The van der Waals surface area contributed by atoms with E-state index in [0.717, 1.165) is 24.3 Å². The van der Waals surface area contributed by atoms with Gasteiger partial charge in [-0.25, -0.2) is 17.2 Å². The van der Waals surface area contributed by atoms with Gasteiger partial charge in [-0.3, -0.25) is 9.52 Å². The number of primary amides is 1. The number of rotatable bonds is 4. The molecule has 122 valence electrons. The predicted octanol–water partition coefficient (Wildman–Crippen LogP) is 2.83. The van der Waals surface area contributed by atoms with E-state index < -0.39 is 32.5 Å². The number of nitrogens with one attached hydrogen (secondary N) is 1. The number of benzene rings is 2. The summed E-state index contributed by atoms with van der Waals surface area (Å²) in [6.45, 7) is 1.30. The van der Waals surface area contributed by atoms with Crippen LogP contribution >= 0.6 is 11.6 Å². The van der Waals surface area contributed by atoms with Gasteiger partial charge in [0.1, 0.15) is 16.5 Å². The number of anilines is 1. The zero-order chi connectivity index (χ0) is 17.4. The number of carbonyl (C=O) groups excluding carboxylic acids is 1. The van der Waals surface area contributed by atoms with Gasteiger partial charge in [-0.15, -0.1) is 0 Å². The van der Waals surface area contributed by atoms with E-state index >= 15 is 0 Å². The van der Waals surface area contributed by atoms with Crippen LogP contribution in [-0.2, 0) is 10.0 Å². The van der Waals surface area contributed by atoms with Crippen LogP contribution in [0.15, 0.2) is 35.2 Å². The molecule has 3 N–H and O–H groups in total. The van der Waals surface area contributed by atoms with E-state index in [9.17, 15) is 22.0 Å². The average Bonchev–Trinajstić information content (AvgIpc) is 2.42. The van der Waals surface area contributed by atoms with Gasteiger partial charge in [-0.2, -0.15) is 0 Å². The van der Waals surface area contributed by atoms with Crippen molar-refractivity contribution in [3.05, 3.63) is 58.1 Å². The molecule has 5 nitrogen and oxygen atoms in total. The fraction of sp³-hybridized carbons (Fsp3) is 0.0714. The Morgan fingerprint density at radius 2 is 1.83 bits per heavy atom. The molecule has 0 saturated carbocycles. The van der Waals surface area contributed by atoms with Crippen LogP contribution in [0.3, 0.4) is 0 Å². The number of carbonyl (C=O) groups is 1. The third kappa shape index (κ3) is 3.59. The maximum Gasteiger partial charge on any atom is 0.264 e. The van der Waals surface area contributed by atoms with E-state index in [1.54, 1.807) is 0 Å². The van der Waals surface area contributed by atoms with Gasteiger partial charge < -0.3 is 5.73 Å². The van der Waals surface area contributed by atoms with E-state index in [1.165, 1.54) is 13.0 Å². The van der Waals surface area contributed by atoms with Gasteiger partial charge >= 0.3 is 0 Å². The van der Waals surface area contributed by atoms with Crippen LogP contribution in [0.5, 0.6) is 0 Å². The molecule has 0 unspecified atom stereocenters. The van der Waals surface area contributed by atoms with Crippen molar-refractivity contribution in [1.82, 2.24) is 0 Å². The quantitative estimate of drug-likeness (QED) is 0.878. The first kappa shape index (κ1) is 17.2. The monoisotopic (exact) mass is 360 g/mol. The van der Waals surface area contributed by atoms with E-state index in [1.807, 2.05) is 4.72 Å². The summed E-state index contributed by atoms with van der Waals surface area (Å²) in [4.78, 5) is 10.5. The Hall–Kier alpha value is -2.19. The van der Waals surface area contributed by atoms with Crippen LogP contribution in [0.4, 0.5) is 14.5 Å². The van der Waals surface area contributed by atoms with Gasteiger partial charge in [0.05, 0.1) is 5.69 Å². The third-order valence-corrected chi connectivity index (χ3v) is 4.69. The van der Waals surface area contributed by atoms with Crippen molar-refractivity contribution in [3.8, 4) is 0 Å².